The predicted octanol–water partition coefficient (Wildman–Crippen LogP) is 4.38. The molecule has 1 fully saturated rings. The first-order valence-corrected chi connectivity index (χ1v) is 12.4. The summed E-state index contributed by atoms with van der Waals surface area (Å²) in [6.45, 7) is 5.98. The van der Waals surface area contributed by atoms with E-state index >= 15 is 0 Å². The number of aromatic nitrogens is 3. The van der Waals surface area contributed by atoms with Crippen molar-refractivity contribution >= 4 is 17.5 Å². The maximum atomic E-state index is 13.8. The number of carbonyl (C=O) groups excluding carboxylic acids is 2. The first-order valence-electron chi connectivity index (χ1n) is 12.4. The van der Waals surface area contributed by atoms with Gasteiger partial charge in [0.2, 0.25) is 11.8 Å². The van der Waals surface area contributed by atoms with Crippen LogP contribution in [0.5, 0.6) is 0 Å². The average Bonchev–Trinajstić information content (AvgIpc) is 3.35. The second-order valence-electron chi connectivity index (χ2n) is 9.53. The quantitative estimate of drug-likeness (QED) is 0.363. The van der Waals surface area contributed by atoms with E-state index in [2.05, 4.69) is 15.7 Å². The molecule has 0 saturated heterocycles. The average molecular weight is 512 g/mol. The molecule has 1 saturated carbocycles. The second-order valence-corrected chi connectivity index (χ2v) is 9.53. The third kappa shape index (κ3) is 5.79. The maximum absolute atomic E-state index is 13.8. The molecule has 37 heavy (non-hydrogen) atoms. The molecule has 0 unspecified atom stereocenters. The van der Waals surface area contributed by atoms with Gasteiger partial charge in [-0.3, -0.25) is 14.3 Å². The Kier molecular flexibility index (Phi) is 7.56. The Hall–Kier alpha value is -3.82. The van der Waals surface area contributed by atoms with Crippen LogP contribution in [0.4, 0.5) is 14.5 Å². The smallest absolute Gasteiger partial charge is 0.270 e. The van der Waals surface area contributed by atoms with E-state index in [9.17, 15) is 23.6 Å². The van der Waals surface area contributed by atoms with Crippen LogP contribution >= 0.6 is 0 Å². The van der Waals surface area contributed by atoms with E-state index in [1.54, 1.807) is 43.3 Å². The van der Waals surface area contributed by atoms with E-state index in [4.69, 9.17) is 0 Å². The Morgan fingerprint density at radius 3 is 2.49 bits per heavy atom. The van der Waals surface area contributed by atoms with E-state index in [1.807, 2.05) is 13.8 Å². The van der Waals surface area contributed by atoms with Crippen molar-refractivity contribution in [1.29, 1.82) is 0 Å². The lowest BCUT2D eigenvalue weighted by Gasteiger charge is -2.33. The number of rotatable bonds is 7. The number of hydrogen-bond donors (Lipinski definition) is 2. The molecule has 0 radical (unpaired) electrons. The third-order valence-corrected chi connectivity index (χ3v) is 7.04. The number of carbonyl (C=O) groups is 2. The summed E-state index contributed by atoms with van der Waals surface area (Å²) in [5, 5.41) is 21.7. The fourth-order valence-corrected chi connectivity index (χ4v) is 4.93. The number of aryl methyl sites for hydroxylation is 2. The maximum Gasteiger partial charge on any atom is 0.270 e. The SMILES string of the molecule is CCn1nccc1C(=O)N[C@H](C(=O)Nc1ccc(-c2c(C)cc[n+]([O-])c2C)cc1)C1CCC(F)(F)CC1. The van der Waals surface area contributed by atoms with Crippen LogP contribution in [0.1, 0.15) is 54.4 Å². The number of benzene rings is 1. The minimum atomic E-state index is -2.76. The third-order valence-electron chi connectivity index (χ3n) is 7.04. The van der Waals surface area contributed by atoms with Crippen molar-refractivity contribution in [3.8, 4) is 11.1 Å². The van der Waals surface area contributed by atoms with Crippen LogP contribution in [0.25, 0.3) is 11.1 Å². The van der Waals surface area contributed by atoms with Gasteiger partial charge in [-0.25, -0.2) is 8.78 Å². The molecule has 1 aliphatic rings. The van der Waals surface area contributed by atoms with Crippen LogP contribution in [0.15, 0.2) is 48.8 Å². The molecule has 4 rings (SSSR count). The largest absolute Gasteiger partial charge is 0.618 e. The number of nitrogens with zero attached hydrogens (tertiary/aromatic N) is 3. The van der Waals surface area contributed by atoms with Gasteiger partial charge in [0.15, 0.2) is 11.9 Å². The van der Waals surface area contributed by atoms with Gasteiger partial charge in [-0.1, -0.05) is 12.1 Å². The van der Waals surface area contributed by atoms with Crippen LogP contribution in [-0.2, 0) is 11.3 Å². The number of amides is 2. The van der Waals surface area contributed by atoms with Gasteiger partial charge in [-0.2, -0.15) is 9.83 Å². The lowest BCUT2D eigenvalue weighted by atomic mass is 9.81. The Balaban J connectivity index is 1.54. The van der Waals surface area contributed by atoms with Crippen LogP contribution in [0, 0.1) is 25.0 Å². The number of nitrogens with one attached hydrogen (secondary N) is 2. The first-order chi connectivity index (χ1) is 17.6. The summed E-state index contributed by atoms with van der Waals surface area (Å²) in [5.41, 5.74) is 3.95. The van der Waals surface area contributed by atoms with Crippen molar-refractivity contribution < 1.29 is 23.1 Å². The summed E-state index contributed by atoms with van der Waals surface area (Å²) in [6, 6.07) is 9.36. The van der Waals surface area contributed by atoms with E-state index in [0.717, 1.165) is 21.4 Å². The van der Waals surface area contributed by atoms with Gasteiger partial charge in [0.05, 0.1) is 5.56 Å². The van der Waals surface area contributed by atoms with Gasteiger partial charge in [-0.15, -0.1) is 0 Å². The Labute approximate surface area is 214 Å². The molecule has 8 nitrogen and oxygen atoms in total. The van der Waals surface area contributed by atoms with Crippen molar-refractivity contribution in [2.24, 2.45) is 5.92 Å². The summed E-state index contributed by atoms with van der Waals surface area (Å²) in [7, 11) is 0. The van der Waals surface area contributed by atoms with Crippen molar-refractivity contribution in [1.82, 2.24) is 15.1 Å². The normalized spacial score (nSPS) is 16.2. The Morgan fingerprint density at radius 1 is 1.16 bits per heavy atom. The standard InChI is InChI=1S/C27H31F2N5O3/c1-4-33-22(11-15-30-33)25(35)32-24(20-9-13-27(28,29)14-10-20)26(36)31-21-7-5-19(6-8-21)23-17(2)12-16-34(37)18(23)3/h5-8,11-12,15-16,20,24H,4,9-10,13-14H2,1-3H3,(H,31,36)(H,32,35)/t24-/m0/s1. The highest BCUT2D eigenvalue weighted by Gasteiger charge is 2.40. The first kappa shape index (κ1) is 26.2. The highest BCUT2D eigenvalue weighted by molar-refractivity contribution is 6.00. The summed E-state index contributed by atoms with van der Waals surface area (Å²) in [5.74, 6) is -4.13. The lowest BCUT2D eigenvalue weighted by molar-refractivity contribution is -0.611. The molecule has 0 spiro atoms. The van der Waals surface area contributed by atoms with E-state index in [-0.39, 0.29) is 25.7 Å². The fourth-order valence-electron chi connectivity index (χ4n) is 4.93. The molecule has 2 heterocycles. The molecule has 1 aromatic carbocycles. The van der Waals surface area contributed by atoms with Crippen LogP contribution < -0.4 is 15.4 Å². The minimum Gasteiger partial charge on any atom is -0.618 e. The van der Waals surface area contributed by atoms with Crippen LogP contribution in [0.2, 0.25) is 0 Å². The summed E-state index contributed by atoms with van der Waals surface area (Å²) in [6.07, 6.45) is 2.56. The zero-order valence-electron chi connectivity index (χ0n) is 21.1. The zero-order valence-corrected chi connectivity index (χ0v) is 21.1. The van der Waals surface area contributed by atoms with Gasteiger partial charge >= 0.3 is 0 Å². The molecule has 2 aromatic heterocycles. The summed E-state index contributed by atoms with van der Waals surface area (Å²) < 4.78 is 29.9. The summed E-state index contributed by atoms with van der Waals surface area (Å²) in [4.78, 5) is 26.3. The predicted molar refractivity (Wildman–Crippen MR) is 135 cm³/mol. The van der Waals surface area contributed by atoms with Gasteiger partial charge in [-0.05, 0) is 61.9 Å². The number of pyridine rings is 1. The molecule has 196 valence electrons. The molecule has 1 aliphatic carbocycles. The van der Waals surface area contributed by atoms with Gasteiger partial charge in [0.1, 0.15) is 11.7 Å². The molecule has 0 aliphatic heterocycles. The van der Waals surface area contributed by atoms with Gasteiger partial charge in [0, 0.05) is 44.3 Å². The fraction of sp³-hybridized carbons (Fsp3) is 0.407. The highest BCUT2D eigenvalue weighted by Crippen LogP contribution is 2.38. The topological polar surface area (TPSA) is 103 Å². The molecular weight excluding hydrogens is 480 g/mol. The molecule has 3 aromatic rings. The molecule has 10 heteroatoms. The molecule has 2 N–H and O–H groups in total. The summed E-state index contributed by atoms with van der Waals surface area (Å²) >= 11 is 0. The van der Waals surface area contributed by atoms with E-state index in [1.165, 1.54) is 17.1 Å². The van der Waals surface area contributed by atoms with E-state index < -0.39 is 29.7 Å². The molecule has 0 bridgehead atoms. The van der Waals surface area contributed by atoms with Crippen molar-refractivity contribution in [3.63, 3.8) is 0 Å². The number of anilines is 1. The van der Waals surface area contributed by atoms with Crippen molar-refractivity contribution in [2.75, 3.05) is 5.32 Å². The minimum absolute atomic E-state index is 0.124. The second kappa shape index (κ2) is 10.7. The number of alkyl halides is 2. The van der Waals surface area contributed by atoms with Crippen molar-refractivity contribution in [2.45, 2.75) is 65.0 Å². The number of hydrogen-bond acceptors (Lipinski definition) is 4. The Bertz CT molecular complexity index is 1280. The highest BCUT2D eigenvalue weighted by atomic mass is 19.3. The molecule has 1 atom stereocenters. The van der Waals surface area contributed by atoms with Crippen LogP contribution in [0.3, 0.4) is 0 Å². The van der Waals surface area contributed by atoms with Gasteiger partial charge in [0.25, 0.3) is 5.91 Å². The van der Waals surface area contributed by atoms with Gasteiger partial charge < -0.3 is 15.8 Å². The van der Waals surface area contributed by atoms with Crippen LogP contribution in [-0.4, -0.2) is 33.6 Å². The monoisotopic (exact) mass is 511 g/mol. The lowest BCUT2D eigenvalue weighted by Crippen LogP contribution is -2.50. The molecular formula is C27H31F2N5O3. The zero-order chi connectivity index (χ0) is 26.7. The van der Waals surface area contributed by atoms with Crippen molar-refractivity contribution in [3.05, 3.63) is 71.0 Å². The molecule has 2 amide bonds. The van der Waals surface area contributed by atoms with E-state index in [0.29, 0.717) is 23.6 Å². The number of halogens is 2. The Morgan fingerprint density at radius 2 is 1.84 bits per heavy atom.